The van der Waals surface area contributed by atoms with Crippen LogP contribution in [0, 0.1) is 16.7 Å². The van der Waals surface area contributed by atoms with E-state index in [0.29, 0.717) is 31.1 Å². The molecule has 35 heavy (non-hydrogen) atoms. The first-order valence-electron chi connectivity index (χ1n) is 12.4. The summed E-state index contributed by atoms with van der Waals surface area (Å²) in [5, 5.41) is 15.9. The molecule has 2 aromatic rings. The van der Waals surface area contributed by atoms with Crippen molar-refractivity contribution in [2.75, 3.05) is 38.8 Å². The lowest BCUT2D eigenvalue weighted by molar-refractivity contribution is 0.0336. The van der Waals surface area contributed by atoms with Crippen LogP contribution in [0.3, 0.4) is 0 Å². The summed E-state index contributed by atoms with van der Waals surface area (Å²) < 4.78 is 11.0. The van der Waals surface area contributed by atoms with Crippen molar-refractivity contribution >= 4 is 17.2 Å². The standard InChI is InChI=1S/C28H36N4O3/c1-27(2)8-6-21(7-9-27)23-17-22(28(31-12-15-34-3)10-13-35-14-11-28)4-5-24(23)32-26(33)25-16-20(18-29)19-30-25/h4-6,16-17,19,30-31H,7-15H2,1-3H3,(H,32,33). The van der Waals surface area contributed by atoms with E-state index in [2.05, 4.69) is 53.7 Å². The molecule has 0 bridgehead atoms. The molecule has 0 radical (unpaired) electrons. The number of amides is 1. The van der Waals surface area contributed by atoms with Gasteiger partial charge in [-0.3, -0.25) is 4.79 Å². The molecule has 2 aliphatic rings. The summed E-state index contributed by atoms with van der Waals surface area (Å²) in [6.45, 7) is 7.42. The molecule has 7 heteroatoms. The third-order valence-electron chi connectivity index (χ3n) is 7.31. The minimum absolute atomic E-state index is 0.191. The summed E-state index contributed by atoms with van der Waals surface area (Å²) in [7, 11) is 1.72. The summed E-state index contributed by atoms with van der Waals surface area (Å²) in [4.78, 5) is 15.9. The van der Waals surface area contributed by atoms with Gasteiger partial charge in [-0.05, 0) is 66.9 Å². The van der Waals surface area contributed by atoms with Crippen LogP contribution in [-0.4, -0.2) is 44.4 Å². The number of ether oxygens (including phenoxy) is 2. The molecule has 0 atom stereocenters. The molecule has 1 aliphatic carbocycles. The number of aromatic amines is 1. The Hall–Kier alpha value is -2.92. The van der Waals surface area contributed by atoms with E-state index in [4.69, 9.17) is 14.7 Å². The van der Waals surface area contributed by atoms with E-state index < -0.39 is 0 Å². The quantitative estimate of drug-likeness (QED) is 0.467. The first-order chi connectivity index (χ1) is 16.9. The van der Waals surface area contributed by atoms with Crippen molar-refractivity contribution in [1.82, 2.24) is 10.3 Å². The van der Waals surface area contributed by atoms with Crippen molar-refractivity contribution in [2.45, 2.75) is 51.5 Å². The smallest absolute Gasteiger partial charge is 0.272 e. The largest absolute Gasteiger partial charge is 0.383 e. The van der Waals surface area contributed by atoms with E-state index in [1.807, 2.05) is 6.07 Å². The number of methoxy groups -OCH3 is 1. The molecule has 1 aromatic carbocycles. The van der Waals surface area contributed by atoms with Crippen molar-refractivity contribution in [3.8, 4) is 6.07 Å². The highest BCUT2D eigenvalue weighted by molar-refractivity contribution is 6.04. The lowest BCUT2D eigenvalue weighted by Crippen LogP contribution is -2.48. The van der Waals surface area contributed by atoms with Gasteiger partial charge in [0, 0.05) is 49.9 Å². The van der Waals surface area contributed by atoms with Gasteiger partial charge >= 0.3 is 0 Å². The lowest BCUT2D eigenvalue weighted by atomic mass is 9.75. The fourth-order valence-corrected chi connectivity index (χ4v) is 5.00. The molecule has 7 nitrogen and oxygen atoms in total. The van der Waals surface area contributed by atoms with Crippen molar-refractivity contribution < 1.29 is 14.3 Å². The average Bonchev–Trinajstić information content (AvgIpc) is 3.35. The zero-order valence-electron chi connectivity index (χ0n) is 21.0. The number of H-pyrrole nitrogens is 1. The first kappa shape index (κ1) is 25.2. The van der Waals surface area contributed by atoms with E-state index in [0.717, 1.165) is 49.9 Å². The topological polar surface area (TPSA) is 99.2 Å². The zero-order chi connectivity index (χ0) is 24.9. The van der Waals surface area contributed by atoms with Crippen LogP contribution < -0.4 is 10.6 Å². The molecule has 1 amide bonds. The Morgan fingerprint density at radius 1 is 1.23 bits per heavy atom. The Labute approximate surface area is 207 Å². The molecule has 186 valence electrons. The molecule has 0 saturated carbocycles. The van der Waals surface area contributed by atoms with Crippen LogP contribution in [0.15, 0.2) is 36.5 Å². The minimum atomic E-state index is -0.253. The molecule has 1 fully saturated rings. The fraction of sp³-hybridized carbons (Fsp3) is 0.500. The number of nitrogens with one attached hydrogen (secondary N) is 3. The number of nitriles is 1. The second kappa shape index (κ2) is 10.8. The van der Waals surface area contributed by atoms with Gasteiger partial charge in [-0.2, -0.15) is 5.26 Å². The van der Waals surface area contributed by atoms with Crippen molar-refractivity contribution in [2.24, 2.45) is 5.41 Å². The second-order valence-corrected chi connectivity index (χ2v) is 10.3. The van der Waals surface area contributed by atoms with Gasteiger partial charge in [0.05, 0.1) is 12.2 Å². The molecular weight excluding hydrogens is 440 g/mol. The summed E-state index contributed by atoms with van der Waals surface area (Å²) in [5.41, 5.74) is 5.24. The van der Waals surface area contributed by atoms with Gasteiger partial charge < -0.3 is 25.1 Å². The zero-order valence-corrected chi connectivity index (χ0v) is 21.0. The molecule has 1 aliphatic heterocycles. The maximum Gasteiger partial charge on any atom is 0.272 e. The Morgan fingerprint density at radius 3 is 2.69 bits per heavy atom. The Balaban J connectivity index is 1.70. The summed E-state index contributed by atoms with van der Waals surface area (Å²) >= 11 is 0. The normalized spacial score (nSPS) is 19.0. The van der Waals surface area contributed by atoms with Crippen molar-refractivity contribution in [1.29, 1.82) is 5.26 Å². The molecular formula is C28H36N4O3. The lowest BCUT2D eigenvalue weighted by Gasteiger charge is -2.39. The average molecular weight is 477 g/mol. The maximum atomic E-state index is 13.0. The SMILES string of the molecule is COCCNC1(c2ccc(NC(=O)c3cc(C#N)c[nH]3)c(C3=CCC(C)(C)CC3)c2)CCOCC1. The molecule has 1 aromatic heterocycles. The predicted molar refractivity (Wildman–Crippen MR) is 137 cm³/mol. The number of nitrogens with zero attached hydrogens (tertiary/aromatic N) is 1. The Kier molecular flexibility index (Phi) is 7.75. The Bertz CT molecular complexity index is 1120. The molecule has 2 heterocycles. The first-order valence-corrected chi connectivity index (χ1v) is 12.4. The molecule has 4 rings (SSSR count). The molecule has 3 N–H and O–H groups in total. The number of hydrogen-bond acceptors (Lipinski definition) is 5. The van der Waals surface area contributed by atoms with E-state index in [1.165, 1.54) is 11.1 Å². The monoisotopic (exact) mass is 476 g/mol. The number of benzene rings is 1. The number of anilines is 1. The van der Waals surface area contributed by atoms with Gasteiger partial charge in [0.25, 0.3) is 5.91 Å². The summed E-state index contributed by atoms with van der Waals surface area (Å²) in [5.74, 6) is -0.253. The van der Waals surface area contributed by atoms with Crippen LogP contribution in [0.5, 0.6) is 0 Å². The third-order valence-corrected chi connectivity index (χ3v) is 7.31. The van der Waals surface area contributed by atoms with Crippen LogP contribution >= 0.6 is 0 Å². The van der Waals surface area contributed by atoms with Gasteiger partial charge in [-0.15, -0.1) is 0 Å². The number of allylic oxidation sites excluding steroid dienone is 2. The van der Waals surface area contributed by atoms with E-state index in [9.17, 15) is 4.79 Å². The highest BCUT2D eigenvalue weighted by Gasteiger charge is 2.35. The number of hydrogen-bond donors (Lipinski definition) is 3. The van der Waals surface area contributed by atoms with Gasteiger partial charge in [0.1, 0.15) is 11.8 Å². The third kappa shape index (κ3) is 5.84. The van der Waals surface area contributed by atoms with E-state index in [-0.39, 0.29) is 16.9 Å². The van der Waals surface area contributed by atoms with Crippen molar-refractivity contribution in [3.05, 3.63) is 58.9 Å². The predicted octanol–water partition coefficient (Wildman–Crippen LogP) is 4.97. The summed E-state index contributed by atoms with van der Waals surface area (Å²) in [6.07, 6.45) is 8.71. The number of carbonyl (C=O) groups is 1. The van der Waals surface area contributed by atoms with Gasteiger partial charge in [0.2, 0.25) is 0 Å². The van der Waals surface area contributed by atoms with Gasteiger partial charge in [0.15, 0.2) is 0 Å². The second-order valence-electron chi connectivity index (χ2n) is 10.3. The molecule has 0 spiro atoms. The van der Waals surface area contributed by atoms with Crippen LogP contribution in [0.25, 0.3) is 5.57 Å². The highest BCUT2D eigenvalue weighted by Crippen LogP contribution is 2.42. The van der Waals surface area contributed by atoms with Crippen molar-refractivity contribution in [3.63, 3.8) is 0 Å². The van der Waals surface area contributed by atoms with Crippen LogP contribution in [0.2, 0.25) is 0 Å². The summed E-state index contributed by atoms with van der Waals surface area (Å²) in [6, 6.07) is 10.0. The van der Waals surface area contributed by atoms with Crippen LogP contribution in [0.4, 0.5) is 5.69 Å². The van der Waals surface area contributed by atoms with E-state index in [1.54, 1.807) is 19.4 Å². The number of aromatic nitrogens is 1. The van der Waals surface area contributed by atoms with Gasteiger partial charge in [-0.25, -0.2) is 0 Å². The maximum absolute atomic E-state index is 13.0. The molecule has 1 saturated heterocycles. The minimum Gasteiger partial charge on any atom is -0.383 e. The van der Waals surface area contributed by atoms with Crippen LogP contribution in [-0.2, 0) is 15.0 Å². The van der Waals surface area contributed by atoms with Crippen LogP contribution in [0.1, 0.15) is 73.1 Å². The number of carbonyl (C=O) groups excluding carboxylic acids is 1. The van der Waals surface area contributed by atoms with Gasteiger partial charge in [-0.1, -0.05) is 26.0 Å². The Morgan fingerprint density at radius 2 is 2.03 bits per heavy atom. The number of rotatable bonds is 8. The highest BCUT2D eigenvalue weighted by atomic mass is 16.5. The van der Waals surface area contributed by atoms with E-state index >= 15 is 0 Å². The molecule has 0 unspecified atom stereocenters. The fourth-order valence-electron chi connectivity index (χ4n) is 5.00.